The molecule has 21 heavy (non-hydrogen) atoms. The van der Waals surface area contributed by atoms with E-state index in [4.69, 9.17) is 0 Å². The van der Waals surface area contributed by atoms with E-state index in [0.29, 0.717) is 0 Å². The van der Waals surface area contributed by atoms with Crippen LogP contribution in [0.15, 0.2) is 28.9 Å². The van der Waals surface area contributed by atoms with Gasteiger partial charge in [0, 0.05) is 28.1 Å². The minimum absolute atomic E-state index is 0.00178. The van der Waals surface area contributed by atoms with E-state index in [1.54, 1.807) is 0 Å². The number of carbonyl (C=O) groups is 1. The van der Waals surface area contributed by atoms with Crippen molar-refractivity contribution in [1.29, 1.82) is 0 Å². The molecule has 0 saturated carbocycles. The van der Waals surface area contributed by atoms with Crippen LogP contribution in [0.1, 0.15) is 16.6 Å². The van der Waals surface area contributed by atoms with E-state index in [-0.39, 0.29) is 11.9 Å². The number of fused-ring (bicyclic) bond motifs is 5. The van der Waals surface area contributed by atoms with Crippen molar-refractivity contribution in [3.8, 4) is 0 Å². The van der Waals surface area contributed by atoms with Gasteiger partial charge in [-0.2, -0.15) is 0 Å². The molecule has 1 amide bonds. The quantitative estimate of drug-likeness (QED) is 0.599. The highest BCUT2D eigenvalue weighted by molar-refractivity contribution is 9.10. The van der Waals surface area contributed by atoms with Gasteiger partial charge in [0.05, 0.1) is 11.2 Å². The molecular weight excluding hydrogens is 350 g/mol. The highest BCUT2D eigenvalue weighted by Gasteiger charge is 2.24. The summed E-state index contributed by atoms with van der Waals surface area (Å²) in [7, 11) is 0. The van der Waals surface area contributed by atoms with Gasteiger partial charge >= 0.3 is 0 Å². The largest absolute Gasteiger partial charge is 0.381 e. The smallest absolute Gasteiger partial charge is 0.263 e. The lowest BCUT2D eigenvalue weighted by atomic mass is 10.1. The number of thiophene rings is 1. The molecule has 0 unspecified atom stereocenters. The number of pyridine rings is 1. The summed E-state index contributed by atoms with van der Waals surface area (Å²) in [6, 6.07) is 8.14. The lowest BCUT2D eigenvalue weighted by Gasteiger charge is -2.09. The summed E-state index contributed by atoms with van der Waals surface area (Å²) in [5, 5.41) is 8.59. The molecule has 3 aromatic rings. The zero-order chi connectivity index (χ0) is 14.6. The first-order chi connectivity index (χ1) is 10.1. The Hall–Kier alpha value is -1.66. The fraction of sp³-hybridized carbons (Fsp3) is 0.200. The molecule has 1 aromatic carbocycles. The number of anilines is 1. The van der Waals surface area contributed by atoms with Crippen molar-refractivity contribution in [2.24, 2.45) is 0 Å². The van der Waals surface area contributed by atoms with Crippen LogP contribution in [0.3, 0.4) is 0 Å². The molecule has 2 N–H and O–H groups in total. The number of carbonyl (C=O) groups excluding carboxylic acids is 1. The number of nitrogens with one attached hydrogen (secondary N) is 2. The molecule has 1 aliphatic heterocycles. The van der Waals surface area contributed by atoms with Crippen LogP contribution in [0.5, 0.6) is 0 Å². The van der Waals surface area contributed by atoms with Crippen LogP contribution in [0, 0.1) is 0 Å². The van der Waals surface area contributed by atoms with E-state index >= 15 is 0 Å². The maximum absolute atomic E-state index is 12.3. The zero-order valence-electron chi connectivity index (χ0n) is 11.2. The molecule has 1 atom stereocenters. The van der Waals surface area contributed by atoms with Gasteiger partial charge in [-0.15, -0.1) is 11.3 Å². The van der Waals surface area contributed by atoms with Crippen LogP contribution >= 0.6 is 27.3 Å². The zero-order valence-corrected chi connectivity index (χ0v) is 13.6. The number of benzene rings is 1. The van der Waals surface area contributed by atoms with Gasteiger partial charge in [0.25, 0.3) is 5.91 Å². The van der Waals surface area contributed by atoms with Gasteiger partial charge in [0.15, 0.2) is 0 Å². The standard InChI is InChI=1S/C15H12BrN3OS/c1-7-6-17-13-12-8-2-5-11(16)19-9(8)3-4-10(12)21-14(13)15(20)18-7/h2-5,7,17H,6H2,1H3,(H,18,20)/t7-/m0/s1. The molecule has 3 heterocycles. The third-order valence-electron chi connectivity index (χ3n) is 3.66. The fourth-order valence-electron chi connectivity index (χ4n) is 2.70. The summed E-state index contributed by atoms with van der Waals surface area (Å²) in [6.07, 6.45) is 0. The topological polar surface area (TPSA) is 54.0 Å². The molecule has 0 aliphatic carbocycles. The van der Waals surface area contributed by atoms with E-state index in [0.717, 1.165) is 42.7 Å². The minimum Gasteiger partial charge on any atom is -0.381 e. The normalized spacial score (nSPS) is 18.2. The van der Waals surface area contributed by atoms with Crippen LogP contribution in [0.25, 0.3) is 21.0 Å². The Morgan fingerprint density at radius 3 is 3.05 bits per heavy atom. The molecule has 0 bridgehead atoms. The maximum atomic E-state index is 12.3. The third-order valence-corrected chi connectivity index (χ3v) is 5.25. The van der Waals surface area contributed by atoms with Crippen LogP contribution in [0.2, 0.25) is 0 Å². The van der Waals surface area contributed by atoms with Gasteiger partial charge in [-0.25, -0.2) is 4.98 Å². The molecule has 4 rings (SSSR count). The molecule has 0 fully saturated rings. The minimum atomic E-state index is 0.00178. The average molecular weight is 362 g/mol. The molecule has 1 aliphatic rings. The molecule has 2 aromatic heterocycles. The predicted molar refractivity (Wildman–Crippen MR) is 90.2 cm³/mol. The van der Waals surface area contributed by atoms with Gasteiger partial charge in [-0.1, -0.05) is 0 Å². The van der Waals surface area contributed by atoms with Crippen LogP contribution < -0.4 is 10.6 Å². The second-order valence-corrected chi connectivity index (χ2v) is 7.07. The Labute approximate surface area is 133 Å². The first kappa shape index (κ1) is 13.0. The van der Waals surface area contributed by atoms with Gasteiger partial charge in [-0.05, 0) is 47.1 Å². The highest BCUT2D eigenvalue weighted by atomic mass is 79.9. The lowest BCUT2D eigenvalue weighted by molar-refractivity contribution is 0.0949. The fourth-order valence-corrected chi connectivity index (χ4v) is 4.12. The Bertz CT molecular complexity index is 889. The third kappa shape index (κ3) is 2.01. The number of rotatable bonds is 0. The summed E-state index contributed by atoms with van der Waals surface area (Å²) >= 11 is 4.93. The van der Waals surface area contributed by atoms with Crippen molar-refractivity contribution in [2.45, 2.75) is 13.0 Å². The monoisotopic (exact) mass is 361 g/mol. The van der Waals surface area contributed by atoms with Crippen molar-refractivity contribution < 1.29 is 4.79 Å². The molecule has 0 spiro atoms. The number of hydrogen-bond acceptors (Lipinski definition) is 4. The molecule has 6 heteroatoms. The van der Waals surface area contributed by atoms with Crippen LogP contribution in [0.4, 0.5) is 5.69 Å². The summed E-state index contributed by atoms with van der Waals surface area (Å²) in [4.78, 5) is 17.6. The van der Waals surface area contributed by atoms with Crippen LogP contribution in [-0.2, 0) is 0 Å². The van der Waals surface area contributed by atoms with Gasteiger partial charge in [-0.3, -0.25) is 4.79 Å². The number of aromatic nitrogens is 1. The van der Waals surface area contributed by atoms with Crippen molar-refractivity contribution in [1.82, 2.24) is 10.3 Å². The summed E-state index contributed by atoms with van der Waals surface area (Å²) < 4.78 is 1.92. The van der Waals surface area contributed by atoms with Gasteiger partial charge in [0.2, 0.25) is 0 Å². The summed E-state index contributed by atoms with van der Waals surface area (Å²) in [5.41, 5.74) is 1.86. The molecular formula is C15H12BrN3OS. The van der Waals surface area contributed by atoms with E-state index in [9.17, 15) is 4.79 Å². The second kappa shape index (κ2) is 4.68. The Morgan fingerprint density at radius 2 is 2.19 bits per heavy atom. The van der Waals surface area contributed by atoms with Crippen molar-refractivity contribution in [3.05, 3.63) is 33.7 Å². The first-order valence-corrected chi connectivity index (χ1v) is 8.31. The molecule has 4 nitrogen and oxygen atoms in total. The number of nitrogens with zero attached hydrogens (tertiary/aromatic N) is 1. The van der Waals surface area contributed by atoms with Gasteiger partial charge in [0.1, 0.15) is 9.48 Å². The van der Waals surface area contributed by atoms with Crippen molar-refractivity contribution >= 4 is 59.9 Å². The Balaban J connectivity index is 2.08. The van der Waals surface area contributed by atoms with Crippen molar-refractivity contribution in [3.63, 3.8) is 0 Å². The Kier molecular flexibility index (Phi) is 2.90. The van der Waals surface area contributed by atoms with E-state index in [1.807, 2.05) is 25.1 Å². The van der Waals surface area contributed by atoms with Gasteiger partial charge < -0.3 is 10.6 Å². The average Bonchev–Trinajstić information content (AvgIpc) is 2.77. The summed E-state index contributed by atoms with van der Waals surface area (Å²) in [6.45, 7) is 2.73. The van der Waals surface area contributed by atoms with E-state index in [1.165, 1.54) is 11.3 Å². The van der Waals surface area contributed by atoms with Crippen LogP contribution in [-0.4, -0.2) is 23.5 Å². The predicted octanol–water partition coefficient (Wildman–Crippen LogP) is 3.76. The maximum Gasteiger partial charge on any atom is 0.263 e. The van der Waals surface area contributed by atoms with E-state index < -0.39 is 0 Å². The SMILES string of the molecule is C[C@H]1CNc2c(sc3ccc4nc(Br)ccc4c23)C(=O)N1. The number of amides is 1. The first-order valence-electron chi connectivity index (χ1n) is 6.70. The molecule has 106 valence electrons. The second-order valence-electron chi connectivity index (χ2n) is 5.20. The Morgan fingerprint density at radius 1 is 1.33 bits per heavy atom. The van der Waals surface area contributed by atoms with Crippen molar-refractivity contribution in [2.75, 3.05) is 11.9 Å². The lowest BCUT2D eigenvalue weighted by Crippen LogP contribution is -2.34. The molecule has 0 radical (unpaired) electrons. The number of halogens is 1. The number of hydrogen-bond donors (Lipinski definition) is 2. The summed E-state index contributed by atoms with van der Waals surface area (Å²) in [5.74, 6) is 0.00178. The van der Waals surface area contributed by atoms with E-state index in [2.05, 4.69) is 37.6 Å². The highest BCUT2D eigenvalue weighted by Crippen LogP contribution is 2.40. The molecule has 0 saturated heterocycles.